The lowest BCUT2D eigenvalue weighted by Gasteiger charge is -2.24. The van der Waals surface area contributed by atoms with E-state index in [9.17, 15) is 13.2 Å². The molecule has 37 heavy (non-hydrogen) atoms. The minimum atomic E-state index is -4.07. The Morgan fingerprint density at radius 2 is 1.62 bits per heavy atom. The van der Waals surface area contributed by atoms with E-state index in [1.54, 1.807) is 31.4 Å². The van der Waals surface area contributed by atoms with Crippen molar-refractivity contribution in [2.75, 3.05) is 25.1 Å². The van der Waals surface area contributed by atoms with Gasteiger partial charge in [-0.2, -0.15) is 5.10 Å². The Kier molecular flexibility index (Phi) is 9.18. The highest BCUT2D eigenvalue weighted by Crippen LogP contribution is 2.29. The molecule has 0 spiro atoms. The van der Waals surface area contributed by atoms with Crippen molar-refractivity contribution in [1.82, 2.24) is 5.43 Å². The van der Waals surface area contributed by atoms with Crippen molar-refractivity contribution in [3.8, 4) is 11.5 Å². The minimum absolute atomic E-state index is 0.0194. The van der Waals surface area contributed by atoms with Gasteiger partial charge >= 0.3 is 0 Å². The Bertz CT molecular complexity index is 1410. The van der Waals surface area contributed by atoms with Crippen molar-refractivity contribution in [3.63, 3.8) is 0 Å². The zero-order valence-corrected chi connectivity index (χ0v) is 23.0. The highest BCUT2D eigenvalue weighted by molar-refractivity contribution is 7.92. The summed E-state index contributed by atoms with van der Waals surface area (Å²) in [6, 6.07) is 16.4. The van der Waals surface area contributed by atoms with Crippen LogP contribution in [0.4, 0.5) is 5.69 Å². The van der Waals surface area contributed by atoms with Crippen LogP contribution >= 0.6 is 11.6 Å². The lowest BCUT2D eigenvalue weighted by Crippen LogP contribution is -2.39. The number of benzene rings is 3. The third-order valence-electron chi connectivity index (χ3n) is 5.83. The maximum absolute atomic E-state index is 13.6. The fourth-order valence-corrected chi connectivity index (χ4v) is 5.13. The number of carbonyl (C=O) groups is 1. The number of rotatable bonds is 10. The van der Waals surface area contributed by atoms with Crippen LogP contribution in [0.15, 0.2) is 70.7 Å². The number of carbonyl (C=O) groups excluding carboxylic acids is 1. The van der Waals surface area contributed by atoms with E-state index in [-0.39, 0.29) is 4.90 Å². The zero-order chi connectivity index (χ0) is 27.2. The number of halogens is 1. The molecule has 0 aliphatic heterocycles. The standard InChI is InChI=1S/C27H30ClN3O5S/c1-6-24(20-8-14-25(35-4)26(16-20)36-5)29-30-27(32)17-31(22-11-7-18(2)19(3)15-22)37(33,34)23-12-9-21(28)10-13-23/h7-16H,6,17H2,1-5H3,(H,30,32)/b29-24-. The number of hydrogen-bond donors (Lipinski definition) is 1. The average molecular weight is 544 g/mol. The predicted molar refractivity (Wildman–Crippen MR) is 146 cm³/mol. The molecular formula is C27H30ClN3O5S. The molecule has 0 aromatic heterocycles. The van der Waals surface area contributed by atoms with Gasteiger partial charge in [0.25, 0.3) is 15.9 Å². The van der Waals surface area contributed by atoms with Gasteiger partial charge in [-0.15, -0.1) is 0 Å². The van der Waals surface area contributed by atoms with Crippen LogP contribution < -0.4 is 19.2 Å². The van der Waals surface area contributed by atoms with Crippen molar-refractivity contribution < 1.29 is 22.7 Å². The third-order valence-corrected chi connectivity index (χ3v) is 7.87. The molecule has 0 aliphatic carbocycles. The van der Waals surface area contributed by atoms with E-state index in [1.165, 1.54) is 31.4 Å². The third kappa shape index (κ3) is 6.61. The summed E-state index contributed by atoms with van der Waals surface area (Å²) >= 11 is 5.95. The molecule has 8 nitrogen and oxygen atoms in total. The van der Waals surface area contributed by atoms with Gasteiger partial charge in [-0.1, -0.05) is 24.6 Å². The molecule has 0 aliphatic rings. The van der Waals surface area contributed by atoms with Crippen LogP contribution in [0, 0.1) is 13.8 Å². The maximum atomic E-state index is 13.6. The number of hydrogen-bond acceptors (Lipinski definition) is 6. The van der Waals surface area contributed by atoms with Crippen molar-refractivity contribution in [2.24, 2.45) is 5.10 Å². The Labute approximate surface area is 222 Å². The van der Waals surface area contributed by atoms with Crippen molar-refractivity contribution in [1.29, 1.82) is 0 Å². The zero-order valence-electron chi connectivity index (χ0n) is 21.4. The Balaban J connectivity index is 1.92. The molecule has 0 saturated carbocycles. The molecule has 0 radical (unpaired) electrons. The van der Waals surface area contributed by atoms with E-state index < -0.39 is 22.5 Å². The van der Waals surface area contributed by atoms with E-state index in [0.717, 1.165) is 21.0 Å². The quantitative estimate of drug-likeness (QED) is 0.283. The lowest BCUT2D eigenvalue weighted by atomic mass is 10.1. The fraction of sp³-hybridized carbons (Fsp3) is 0.259. The Morgan fingerprint density at radius 3 is 2.22 bits per heavy atom. The minimum Gasteiger partial charge on any atom is -0.493 e. The normalized spacial score (nSPS) is 11.7. The summed E-state index contributed by atoms with van der Waals surface area (Å²) in [5.74, 6) is 0.506. The molecule has 0 fully saturated rings. The largest absolute Gasteiger partial charge is 0.493 e. The molecule has 1 N–H and O–H groups in total. The SMILES string of the molecule is CC/C(=N/NC(=O)CN(c1ccc(C)c(C)c1)S(=O)(=O)c1ccc(Cl)cc1)c1ccc(OC)c(OC)c1. The monoisotopic (exact) mass is 543 g/mol. The number of sulfonamides is 1. The topological polar surface area (TPSA) is 97.3 Å². The first-order valence-corrected chi connectivity index (χ1v) is 13.4. The number of methoxy groups -OCH3 is 2. The van der Waals surface area contributed by atoms with E-state index in [1.807, 2.05) is 32.9 Å². The summed E-state index contributed by atoms with van der Waals surface area (Å²) in [7, 11) is -0.990. The van der Waals surface area contributed by atoms with Crippen molar-refractivity contribution in [3.05, 3.63) is 82.4 Å². The molecule has 10 heteroatoms. The number of amides is 1. The maximum Gasteiger partial charge on any atom is 0.264 e. The summed E-state index contributed by atoms with van der Waals surface area (Å²) in [5.41, 5.74) is 6.10. The summed E-state index contributed by atoms with van der Waals surface area (Å²) < 4.78 is 38.8. The van der Waals surface area contributed by atoms with Crippen molar-refractivity contribution >= 4 is 38.9 Å². The second kappa shape index (κ2) is 12.1. The van der Waals surface area contributed by atoms with Gasteiger partial charge in [-0.05, 0) is 86.0 Å². The average Bonchev–Trinajstić information content (AvgIpc) is 2.89. The Morgan fingerprint density at radius 1 is 0.946 bits per heavy atom. The van der Waals surface area contributed by atoms with Crippen molar-refractivity contribution in [2.45, 2.75) is 32.1 Å². The smallest absolute Gasteiger partial charge is 0.264 e. The highest BCUT2D eigenvalue weighted by atomic mass is 35.5. The summed E-state index contributed by atoms with van der Waals surface area (Å²) in [6.45, 7) is 5.24. The van der Waals surface area contributed by atoms with Gasteiger partial charge in [-0.25, -0.2) is 13.8 Å². The van der Waals surface area contributed by atoms with E-state index in [0.29, 0.717) is 34.3 Å². The lowest BCUT2D eigenvalue weighted by molar-refractivity contribution is -0.119. The number of hydrazone groups is 1. The molecular weight excluding hydrogens is 514 g/mol. The van der Waals surface area contributed by atoms with Crippen LogP contribution in [0.2, 0.25) is 5.02 Å². The van der Waals surface area contributed by atoms with Gasteiger partial charge < -0.3 is 9.47 Å². The first-order chi connectivity index (χ1) is 17.6. The van der Waals surface area contributed by atoms with Gasteiger partial charge in [0.1, 0.15) is 6.54 Å². The van der Waals surface area contributed by atoms with E-state index >= 15 is 0 Å². The predicted octanol–water partition coefficient (Wildman–Crippen LogP) is 5.10. The van der Waals surface area contributed by atoms with E-state index in [2.05, 4.69) is 10.5 Å². The first-order valence-electron chi connectivity index (χ1n) is 11.5. The molecule has 196 valence electrons. The van der Waals surface area contributed by atoms with Crippen LogP contribution in [-0.2, 0) is 14.8 Å². The van der Waals surface area contributed by atoms with Gasteiger partial charge in [0.2, 0.25) is 0 Å². The molecule has 3 aromatic carbocycles. The van der Waals surface area contributed by atoms with Gasteiger partial charge in [0.05, 0.1) is 30.5 Å². The van der Waals surface area contributed by atoms with Gasteiger partial charge in [0.15, 0.2) is 11.5 Å². The van der Waals surface area contributed by atoms with Crippen LogP contribution in [-0.4, -0.2) is 40.8 Å². The number of aryl methyl sites for hydroxylation is 2. The number of anilines is 1. The van der Waals surface area contributed by atoms with Gasteiger partial charge in [0, 0.05) is 10.6 Å². The van der Waals surface area contributed by atoms with Crippen LogP contribution in [0.25, 0.3) is 0 Å². The van der Waals surface area contributed by atoms with E-state index in [4.69, 9.17) is 21.1 Å². The molecule has 0 unspecified atom stereocenters. The Hall–Kier alpha value is -3.56. The molecule has 3 aromatic rings. The second-order valence-corrected chi connectivity index (χ2v) is 10.5. The highest BCUT2D eigenvalue weighted by Gasteiger charge is 2.27. The fourth-order valence-electron chi connectivity index (χ4n) is 3.59. The summed E-state index contributed by atoms with van der Waals surface area (Å²) in [4.78, 5) is 13.0. The summed E-state index contributed by atoms with van der Waals surface area (Å²) in [6.07, 6.45) is 0.514. The first kappa shape index (κ1) is 28.0. The van der Waals surface area contributed by atoms with Crippen LogP contribution in [0.3, 0.4) is 0 Å². The molecule has 0 saturated heterocycles. The number of nitrogens with one attached hydrogen (secondary N) is 1. The molecule has 1 amide bonds. The van der Waals surface area contributed by atoms with Gasteiger partial charge in [-0.3, -0.25) is 9.10 Å². The molecule has 3 rings (SSSR count). The second-order valence-electron chi connectivity index (χ2n) is 8.25. The molecule has 0 bridgehead atoms. The van der Waals surface area contributed by atoms with Crippen LogP contribution in [0.1, 0.15) is 30.0 Å². The number of ether oxygens (including phenoxy) is 2. The van der Waals surface area contributed by atoms with Crippen LogP contribution in [0.5, 0.6) is 11.5 Å². The molecule has 0 atom stereocenters. The molecule has 0 heterocycles. The summed E-state index contributed by atoms with van der Waals surface area (Å²) in [5, 5.41) is 4.68. The number of nitrogens with zero attached hydrogens (tertiary/aromatic N) is 2.